The van der Waals surface area contributed by atoms with Crippen LogP contribution in [-0.2, 0) is 19.1 Å². The predicted octanol–water partition coefficient (Wildman–Crippen LogP) is 5.08. The van der Waals surface area contributed by atoms with Crippen LogP contribution in [0.5, 0.6) is 5.75 Å². The summed E-state index contributed by atoms with van der Waals surface area (Å²) in [5.41, 5.74) is 0.962. The van der Waals surface area contributed by atoms with Gasteiger partial charge in [-0.25, -0.2) is 9.18 Å². The summed E-state index contributed by atoms with van der Waals surface area (Å²) in [6.45, 7) is 0.969. The van der Waals surface area contributed by atoms with E-state index in [4.69, 9.17) is 10.5 Å². The molecule has 15 heteroatoms. The summed E-state index contributed by atoms with van der Waals surface area (Å²) in [7, 11) is 0. The molecule has 2 heterocycles. The number of fused-ring (bicyclic) bond motifs is 1. The van der Waals surface area contributed by atoms with Crippen molar-refractivity contribution in [2.75, 3.05) is 11.1 Å². The normalized spacial score (nSPS) is 16.9. The van der Waals surface area contributed by atoms with E-state index in [2.05, 4.69) is 5.10 Å². The van der Waals surface area contributed by atoms with E-state index in [0.29, 0.717) is 48.6 Å². The molecule has 1 aliphatic heterocycles. The third-order valence-corrected chi connectivity index (χ3v) is 7.18. The molecule has 2 aliphatic rings. The number of alkyl halides is 6. The first-order valence-corrected chi connectivity index (χ1v) is 12.1. The topological polar surface area (TPSA) is 104 Å². The molecule has 3 N–H and O–H groups in total. The van der Waals surface area contributed by atoms with Gasteiger partial charge in [0.15, 0.2) is 6.10 Å². The number of ether oxygens (including phenoxy) is 1. The fourth-order valence-electron chi connectivity index (χ4n) is 4.66. The number of hydrogen-bond acceptors (Lipinski definition) is 5. The van der Waals surface area contributed by atoms with Crippen LogP contribution < -0.4 is 21.5 Å². The summed E-state index contributed by atoms with van der Waals surface area (Å²) in [6, 6.07) is 3.66. The molecule has 0 radical (unpaired) electrons. The second kappa shape index (κ2) is 9.27. The molecule has 5 rings (SSSR count). The minimum atomic E-state index is -4.95. The number of aromatic nitrogens is 3. The van der Waals surface area contributed by atoms with Gasteiger partial charge in [-0.3, -0.25) is 9.36 Å². The molecule has 0 saturated heterocycles. The first-order chi connectivity index (χ1) is 18.6. The van der Waals surface area contributed by atoms with Crippen molar-refractivity contribution in [3.8, 4) is 11.4 Å². The zero-order valence-electron chi connectivity index (χ0n) is 20.8. The zero-order valence-corrected chi connectivity index (χ0v) is 20.8. The van der Waals surface area contributed by atoms with Crippen molar-refractivity contribution in [1.82, 2.24) is 14.3 Å². The average molecular weight is 573 g/mol. The Morgan fingerprint density at radius 3 is 2.45 bits per heavy atom. The molecule has 8 nitrogen and oxygen atoms in total. The number of carbonyl (C=O) groups is 1. The summed E-state index contributed by atoms with van der Waals surface area (Å²) < 4.78 is 103. The van der Waals surface area contributed by atoms with Gasteiger partial charge >= 0.3 is 18.0 Å². The largest absolute Gasteiger partial charge is 0.480 e. The highest BCUT2D eigenvalue weighted by molar-refractivity contribution is 6.07. The fourth-order valence-corrected chi connectivity index (χ4v) is 4.66. The van der Waals surface area contributed by atoms with Crippen LogP contribution in [0.15, 0.2) is 35.1 Å². The molecule has 1 aromatic heterocycles. The summed E-state index contributed by atoms with van der Waals surface area (Å²) in [4.78, 5) is 26.0. The molecule has 3 aromatic rings. The molecular weight excluding hydrogens is 551 g/mol. The highest BCUT2D eigenvalue weighted by Gasteiger charge is 2.46. The summed E-state index contributed by atoms with van der Waals surface area (Å²) >= 11 is 0. The maximum absolute atomic E-state index is 15.4. The Kier molecular flexibility index (Phi) is 6.38. The Bertz CT molecular complexity index is 1550. The van der Waals surface area contributed by atoms with E-state index in [1.54, 1.807) is 0 Å². The minimum absolute atomic E-state index is 0.0416. The van der Waals surface area contributed by atoms with Gasteiger partial charge in [0, 0.05) is 24.7 Å². The number of rotatable bonds is 5. The highest BCUT2D eigenvalue weighted by Crippen LogP contribution is 2.53. The Labute approximate surface area is 221 Å². The van der Waals surface area contributed by atoms with Gasteiger partial charge in [-0.1, -0.05) is 0 Å². The number of nitrogen functional groups attached to an aromatic ring is 1. The van der Waals surface area contributed by atoms with Crippen molar-refractivity contribution in [2.45, 2.75) is 57.6 Å². The minimum Gasteiger partial charge on any atom is -0.480 e. The standard InChI is InChI=1S/C25H22F7N5O3/c1-12(24(27,28)29)40-19-10-18(37-22(39)36-7-6-23(4-5-23)11-20(36)35-37)16(26)9-14(19)21(38)34-17-3-2-13(33)8-15(17)25(30,31)32/h2-3,8-10,12H,4-7,11,33H2,1H3,(H,34,38)/t12-/m0/s1. The van der Waals surface area contributed by atoms with Gasteiger partial charge in [0.25, 0.3) is 5.91 Å². The lowest BCUT2D eigenvalue weighted by Gasteiger charge is -2.21. The number of halogens is 7. The Hall–Kier alpha value is -4.04. The molecule has 40 heavy (non-hydrogen) atoms. The zero-order chi connectivity index (χ0) is 29.2. The molecule has 0 bridgehead atoms. The van der Waals surface area contributed by atoms with Crippen molar-refractivity contribution in [3.05, 3.63) is 63.6 Å². The van der Waals surface area contributed by atoms with E-state index < -0.39 is 64.1 Å². The number of benzene rings is 2. The molecule has 1 saturated carbocycles. The second-order valence-electron chi connectivity index (χ2n) is 10.0. The monoisotopic (exact) mass is 573 g/mol. The molecule has 1 atom stereocenters. The van der Waals surface area contributed by atoms with E-state index in [1.165, 1.54) is 4.57 Å². The number of amides is 1. The lowest BCUT2D eigenvalue weighted by Crippen LogP contribution is -2.32. The molecule has 1 amide bonds. The fraction of sp³-hybridized carbons (Fsp3) is 0.400. The lowest BCUT2D eigenvalue weighted by molar-refractivity contribution is -0.189. The molecule has 0 unspecified atom stereocenters. The second-order valence-corrected chi connectivity index (χ2v) is 10.0. The lowest BCUT2D eigenvalue weighted by atomic mass is 9.95. The molecule has 1 spiro atoms. The van der Waals surface area contributed by atoms with Gasteiger partial charge in [-0.15, -0.1) is 5.10 Å². The maximum atomic E-state index is 15.4. The predicted molar refractivity (Wildman–Crippen MR) is 128 cm³/mol. The summed E-state index contributed by atoms with van der Waals surface area (Å²) in [6.07, 6.45) is -9.22. The van der Waals surface area contributed by atoms with Crippen LogP contribution in [0, 0.1) is 11.2 Å². The third-order valence-electron chi connectivity index (χ3n) is 7.18. The van der Waals surface area contributed by atoms with E-state index in [-0.39, 0.29) is 11.1 Å². The van der Waals surface area contributed by atoms with Crippen LogP contribution in [0.3, 0.4) is 0 Å². The number of nitrogens with zero attached hydrogens (tertiary/aromatic N) is 3. The number of nitrogens with two attached hydrogens (primary N) is 1. The van der Waals surface area contributed by atoms with Crippen LogP contribution in [-0.4, -0.2) is 32.5 Å². The van der Waals surface area contributed by atoms with Crippen molar-refractivity contribution in [1.29, 1.82) is 0 Å². The number of anilines is 2. The van der Waals surface area contributed by atoms with Gasteiger partial charge in [-0.2, -0.15) is 31.0 Å². The molecule has 2 aromatic carbocycles. The van der Waals surface area contributed by atoms with E-state index in [9.17, 15) is 35.9 Å². The van der Waals surface area contributed by atoms with E-state index in [1.807, 2.05) is 5.32 Å². The van der Waals surface area contributed by atoms with Crippen LogP contribution in [0.2, 0.25) is 0 Å². The first-order valence-electron chi connectivity index (χ1n) is 12.1. The van der Waals surface area contributed by atoms with Crippen LogP contribution in [0.1, 0.15) is 47.9 Å². The molecule has 214 valence electrons. The summed E-state index contributed by atoms with van der Waals surface area (Å²) in [5, 5.41) is 6.12. The number of carbonyl (C=O) groups excluding carboxylic acids is 1. The van der Waals surface area contributed by atoms with Gasteiger partial charge in [-0.05, 0) is 55.9 Å². The third kappa shape index (κ3) is 5.11. The Morgan fingerprint density at radius 1 is 1.12 bits per heavy atom. The van der Waals surface area contributed by atoms with E-state index >= 15 is 4.39 Å². The molecule has 1 aliphatic carbocycles. The van der Waals surface area contributed by atoms with Crippen LogP contribution in [0.25, 0.3) is 5.69 Å². The van der Waals surface area contributed by atoms with Gasteiger partial charge in [0.2, 0.25) is 0 Å². The summed E-state index contributed by atoms with van der Waals surface area (Å²) in [5.74, 6) is -3.05. The van der Waals surface area contributed by atoms with Crippen molar-refractivity contribution < 1.29 is 40.3 Å². The highest BCUT2D eigenvalue weighted by atomic mass is 19.4. The Balaban J connectivity index is 1.57. The van der Waals surface area contributed by atoms with Gasteiger partial charge < -0.3 is 15.8 Å². The van der Waals surface area contributed by atoms with Gasteiger partial charge in [0.05, 0.1) is 16.8 Å². The first kappa shape index (κ1) is 27.5. The SMILES string of the molecule is C[C@H](Oc1cc(-n2nc3n(c2=O)CCC2(CC2)C3)c(F)cc1C(=O)Nc1ccc(N)cc1C(F)(F)F)C(F)(F)F. The Morgan fingerprint density at radius 2 is 1.82 bits per heavy atom. The van der Waals surface area contributed by atoms with Gasteiger partial charge in [0.1, 0.15) is 23.1 Å². The van der Waals surface area contributed by atoms with E-state index in [0.717, 1.165) is 31.4 Å². The van der Waals surface area contributed by atoms with Crippen molar-refractivity contribution >= 4 is 17.3 Å². The molecular formula is C25H22F7N5O3. The quantitative estimate of drug-likeness (QED) is 0.327. The number of nitrogens with one attached hydrogen (secondary N) is 1. The van der Waals surface area contributed by atoms with Crippen molar-refractivity contribution in [2.24, 2.45) is 5.41 Å². The van der Waals surface area contributed by atoms with Crippen LogP contribution >= 0.6 is 0 Å². The number of hydrogen-bond donors (Lipinski definition) is 2. The maximum Gasteiger partial charge on any atom is 0.425 e. The van der Waals surface area contributed by atoms with Crippen LogP contribution in [0.4, 0.5) is 42.1 Å². The average Bonchev–Trinajstić information content (AvgIpc) is 3.52. The van der Waals surface area contributed by atoms with Crippen molar-refractivity contribution in [3.63, 3.8) is 0 Å². The smallest absolute Gasteiger partial charge is 0.425 e. The molecule has 1 fully saturated rings.